The van der Waals surface area contributed by atoms with Crippen LogP contribution in [0.2, 0.25) is 0 Å². The van der Waals surface area contributed by atoms with Crippen LogP contribution in [0.3, 0.4) is 0 Å². The molecule has 0 unspecified atom stereocenters. The first-order chi connectivity index (χ1) is 14.7. The predicted molar refractivity (Wildman–Crippen MR) is 111 cm³/mol. The largest absolute Gasteiger partial charge is 0.464 e. The quantitative estimate of drug-likeness (QED) is 0.703. The molecule has 1 amide bonds. The lowest BCUT2D eigenvalue weighted by molar-refractivity contribution is -0.136. The second-order valence-electron chi connectivity index (χ2n) is 8.14. The third kappa shape index (κ3) is 4.53. The second-order valence-corrected chi connectivity index (χ2v) is 8.14. The Labute approximate surface area is 176 Å². The van der Waals surface area contributed by atoms with E-state index in [0.29, 0.717) is 19.5 Å². The number of nitrogens with zero attached hydrogens (tertiary/aromatic N) is 5. The van der Waals surface area contributed by atoms with Gasteiger partial charge in [-0.15, -0.1) is 5.10 Å². The molecule has 30 heavy (non-hydrogen) atoms. The Kier molecular flexibility index (Phi) is 6.42. The Morgan fingerprint density at radius 1 is 1.10 bits per heavy atom. The molecule has 8 heteroatoms. The van der Waals surface area contributed by atoms with E-state index in [1.165, 1.54) is 25.5 Å². The van der Waals surface area contributed by atoms with Gasteiger partial charge in [-0.2, -0.15) is 0 Å². The molecule has 1 aromatic heterocycles. The van der Waals surface area contributed by atoms with Crippen LogP contribution in [0.1, 0.15) is 54.2 Å². The van der Waals surface area contributed by atoms with E-state index in [1.807, 2.05) is 23.1 Å². The lowest BCUT2D eigenvalue weighted by Crippen LogP contribution is -2.45. The number of aromatic nitrogens is 3. The maximum Gasteiger partial charge on any atom is 0.360 e. The number of esters is 1. The fourth-order valence-electron chi connectivity index (χ4n) is 4.48. The zero-order valence-electron chi connectivity index (χ0n) is 17.4. The molecule has 2 fully saturated rings. The molecular weight excluding hydrogens is 382 g/mol. The molecule has 0 spiro atoms. The van der Waals surface area contributed by atoms with E-state index in [1.54, 1.807) is 10.9 Å². The molecule has 2 atom stereocenters. The SMILES string of the molecule is COC(=O)c1cn([C@H]2C[C@@H](C(=O)N3CCCCCC3)N(Cc3ccccc3)C2)nn1. The molecule has 0 aliphatic carbocycles. The van der Waals surface area contributed by atoms with Crippen LogP contribution >= 0.6 is 0 Å². The Morgan fingerprint density at radius 2 is 1.83 bits per heavy atom. The topological polar surface area (TPSA) is 80.6 Å². The van der Waals surface area contributed by atoms with E-state index in [4.69, 9.17) is 4.74 Å². The maximum atomic E-state index is 13.5. The zero-order chi connectivity index (χ0) is 20.9. The summed E-state index contributed by atoms with van der Waals surface area (Å²) < 4.78 is 6.45. The van der Waals surface area contributed by atoms with Gasteiger partial charge in [-0.05, 0) is 24.8 Å². The summed E-state index contributed by atoms with van der Waals surface area (Å²) in [7, 11) is 1.33. The van der Waals surface area contributed by atoms with Crippen LogP contribution < -0.4 is 0 Å². The Morgan fingerprint density at radius 3 is 2.53 bits per heavy atom. The van der Waals surface area contributed by atoms with Crippen LogP contribution in [-0.2, 0) is 16.1 Å². The number of carbonyl (C=O) groups excluding carboxylic acids is 2. The van der Waals surface area contributed by atoms with Crippen LogP contribution in [0.15, 0.2) is 36.5 Å². The molecule has 2 aliphatic rings. The Balaban J connectivity index is 1.54. The third-order valence-electron chi connectivity index (χ3n) is 6.09. The van der Waals surface area contributed by atoms with Crippen molar-refractivity contribution in [3.8, 4) is 0 Å². The normalized spacial score (nSPS) is 22.6. The van der Waals surface area contributed by atoms with Gasteiger partial charge in [-0.25, -0.2) is 9.48 Å². The van der Waals surface area contributed by atoms with Crippen molar-refractivity contribution >= 4 is 11.9 Å². The molecule has 0 N–H and O–H groups in total. The molecule has 2 aromatic rings. The number of rotatable bonds is 5. The average Bonchev–Trinajstić information content (AvgIpc) is 3.33. The van der Waals surface area contributed by atoms with Crippen LogP contribution in [0.25, 0.3) is 0 Å². The van der Waals surface area contributed by atoms with Gasteiger partial charge < -0.3 is 9.64 Å². The van der Waals surface area contributed by atoms with E-state index in [9.17, 15) is 9.59 Å². The van der Waals surface area contributed by atoms with Crippen molar-refractivity contribution in [3.63, 3.8) is 0 Å². The Hall–Kier alpha value is -2.74. The highest BCUT2D eigenvalue weighted by atomic mass is 16.5. The van der Waals surface area contributed by atoms with E-state index >= 15 is 0 Å². The highest BCUT2D eigenvalue weighted by Crippen LogP contribution is 2.30. The monoisotopic (exact) mass is 411 g/mol. The number of hydrogen-bond donors (Lipinski definition) is 0. The van der Waals surface area contributed by atoms with Crippen molar-refractivity contribution in [2.45, 2.75) is 50.7 Å². The number of benzene rings is 1. The van der Waals surface area contributed by atoms with Gasteiger partial charge in [0.05, 0.1) is 25.4 Å². The van der Waals surface area contributed by atoms with Gasteiger partial charge >= 0.3 is 5.97 Å². The van der Waals surface area contributed by atoms with Gasteiger partial charge in [-0.3, -0.25) is 9.69 Å². The summed E-state index contributed by atoms with van der Waals surface area (Å²) in [4.78, 5) is 29.5. The summed E-state index contributed by atoms with van der Waals surface area (Å²) in [6.45, 7) is 3.08. The summed E-state index contributed by atoms with van der Waals surface area (Å²) in [5.74, 6) is -0.291. The lowest BCUT2D eigenvalue weighted by atomic mass is 10.1. The van der Waals surface area contributed by atoms with Crippen LogP contribution in [0, 0.1) is 0 Å². The fourth-order valence-corrected chi connectivity index (χ4v) is 4.48. The number of amides is 1. The first-order valence-electron chi connectivity index (χ1n) is 10.7. The molecule has 4 rings (SSSR count). The van der Waals surface area contributed by atoms with Gasteiger partial charge in [0.25, 0.3) is 0 Å². The number of hydrogen-bond acceptors (Lipinski definition) is 6. The first-order valence-corrected chi connectivity index (χ1v) is 10.7. The summed E-state index contributed by atoms with van der Waals surface area (Å²) in [6.07, 6.45) is 6.82. The number of ether oxygens (including phenoxy) is 1. The molecule has 2 aliphatic heterocycles. The number of likely N-dealkylation sites (tertiary alicyclic amines) is 2. The maximum absolute atomic E-state index is 13.5. The third-order valence-corrected chi connectivity index (χ3v) is 6.09. The van der Waals surface area contributed by atoms with Crippen molar-refractivity contribution in [1.82, 2.24) is 24.8 Å². The zero-order valence-corrected chi connectivity index (χ0v) is 17.4. The average molecular weight is 412 g/mol. The van der Waals surface area contributed by atoms with Crippen molar-refractivity contribution in [2.75, 3.05) is 26.7 Å². The van der Waals surface area contributed by atoms with Gasteiger partial charge in [-0.1, -0.05) is 48.4 Å². The molecule has 0 saturated carbocycles. The second kappa shape index (κ2) is 9.38. The molecule has 3 heterocycles. The van der Waals surface area contributed by atoms with Crippen molar-refractivity contribution < 1.29 is 14.3 Å². The minimum Gasteiger partial charge on any atom is -0.464 e. The summed E-state index contributed by atoms with van der Waals surface area (Å²) in [5, 5.41) is 8.08. The van der Waals surface area contributed by atoms with E-state index in [0.717, 1.165) is 25.9 Å². The van der Waals surface area contributed by atoms with E-state index < -0.39 is 5.97 Å². The standard InChI is InChI=1S/C22H29N5O3/c1-30-22(29)19-16-27(24-23-19)18-13-20(21(28)25-11-7-2-3-8-12-25)26(15-18)14-17-9-5-4-6-10-17/h4-6,9-10,16,18,20H,2-3,7-8,11-15H2,1H3/t18-,20-/m0/s1. The molecule has 0 radical (unpaired) electrons. The summed E-state index contributed by atoms with van der Waals surface area (Å²) >= 11 is 0. The van der Waals surface area contributed by atoms with E-state index in [-0.39, 0.29) is 23.7 Å². The lowest BCUT2D eigenvalue weighted by Gasteiger charge is -2.29. The number of carbonyl (C=O) groups is 2. The van der Waals surface area contributed by atoms with Gasteiger partial charge in [0.1, 0.15) is 0 Å². The Bertz CT molecular complexity index is 861. The molecule has 160 valence electrons. The molecule has 1 aromatic carbocycles. The summed E-state index contributed by atoms with van der Waals surface area (Å²) in [5.41, 5.74) is 1.37. The molecule has 0 bridgehead atoms. The smallest absolute Gasteiger partial charge is 0.360 e. The van der Waals surface area contributed by atoms with Gasteiger partial charge in [0.15, 0.2) is 5.69 Å². The van der Waals surface area contributed by atoms with E-state index in [2.05, 4.69) is 27.3 Å². The fraction of sp³-hybridized carbons (Fsp3) is 0.545. The van der Waals surface area contributed by atoms with Crippen LogP contribution in [0.4, 0.5) is 0 Å². The minimum absolute atomic E-state index is 0.0134. The van der Waals surface area contributed by atoms with Crippen LogP contribution in [0.5, 0.6) is 0 Å². The first kappa shape index (κ1) is 20.5. The van der Waals surface area contributed by atoms with Crippen molar-refractivity contribution in [2.24, 2.45) is 0 Å². The highest BCUT2D eigenvalue weighted by molar-refractivity contribution is 5.86. The molecule has 2 saturated heterocycles. The number of methoxy groups -OCH3 is 1. The van der Waals surface area contributed by atoms with Gasteiger partial charge in [0, 0.05) is 26.2 Å². The van der Waals surface area contributed by atoms with Crippen molar-refractivity contribution in [1.29, 1.82) is 0 Å². The molecule has 8 nitrogen and oxygen atoms in total. The summed E-state index contributed by atoms with van der Waals surface area (Å²) in [6, 6.07) is 10.0. The highest BCUT2D eigenvalue weighted by Gasteiger charge is 2.40. The predicted octanol–water partition coefficient (Wildman–Crippen LogP) is 2.28. The van der Waals surface area contributed by atoms with Crippen molar-refractivity contribution in [3.05, 3.63) is 47.8 Å². The van der Waals surface area contributed by atoms with Gasteiger partial charge in [0.2, 0.25) is 5.91 Å². The van der Waals surface area contributed by atoms with Crippen LogP contribution in [-0.4, -0.2) is 69.5 Å². The molecular formula is C22H29N5O3. The minimum atomic E-state index is -0.502.